The molecule has 0 saturated heterocycles. The molecule has 10 heteroatoms. The van der Waals surface area contributed by atoms with Crippen molar-refractivity contribution in [3.8, 4) is 5.75 Å². The molecule has 1 aromatic rings. The van der Waals surface area contributed by atoms with Gasteiger partial charge in [-0.25, -0.2) is 17.9 Å². The van der Waals surface area contributed by atoms with Crippen molar-refractivity contribution in [2.24, 2.45) is 5.92 Å². The lowest BCUT2D eigenvalue weighted by molar-refractivity contribution is 0.0488. The number of hydrogen-bond donors (Lipinski definition) is 4. The lowest BCUT2D eigenvalue weighted by Gasteiger charge is -2.26. The van der Waals surface area contributed by atoms with Crippen molar-refractivity contribution in [3.05, 3.63) is 22.3 Å². The number of nitrogens with one attached hydrogen (secondary N) is 4. The molecule has 0 spiro atoms. The molecular weight excluding hydrogens is 468 g/mol. The molecule has 1 aliphatic heterocycles. The Morgan fingerprint density at radius 2 is 1.74 bits per heavy atom. The van der Waals surface area contributed by atoms with Crippen molar-refractivity contribution in [3.63, 3.8) is 0 Å². The highest BCUT2D eigenvalue weighted by atomic mass is 32.2. The maximum Gasteiger partial charge on any atom is 0.407 e. The van der Waals surface area contributed by atoms with E-state index in [4.69, 9.17) is 14.9 Å². The van der Waals surface area contributed by atoms with Gasteiger partial charge in [0.25, 0.3) is 10.0 Å². The number of carbonyl (C=O) groups excluding carboxylic acids is 1. The topological polar surface area (TPSA) is 130 Å². The predicted molar refractivity (Wildman–Crippen MR) is 138 cm³/mol. The van der Waals surface area contributed by atoms with Crippen LogP contribution in [0.5, 0.6) is 5.75 Å². The van der Waals surface area contributed by atoms with Gasteiger partial charge in [0.05, 0.1) is 4.90 Å². The van der Waals surface area contributed by atoms with Gasteiger partial charge in [-0.15, -0.1) is 0 Å². The molecule has 0 bridgehead atoms. The molecule has 0 fully saturated rings. The molecule has 1 aromatic carbocycles. The van der Waals surface area contributed by atoms with E-state index >= 15 is 0 Å². The Balaban J connectivity index is 2.07. The molecule has 1 amide bonds. The lowest BCUT2D eigenvalue weighted by atomic mass is 9.94. The van der Waals surface area contributed by atoms with Gasteiger partial charge in [0.2, 0.25) is 5.96 Å². The first-order chi connectivity index (χ1) is 15.8. The summed E-state index contributed by atoms with van der Waals surface area (Å²) < 4.78 is 40.3. The van der Waals surface area contributed by atoms with Crippen molar-refractivity contribution in [1.82, 2.24) is 15.4 Å². The molecule has 0 aromatic heterocycles. The summed E-state index contributed by atoms with van der Waals surface area (Å²) in [4.78, 5) is 12.3. The van der Waals surface area contributed by atoms with E-state index in [1.165, 1.54) is 0 Å². The summed E-state index contributed by atoms with van der Waals surface area (Å²) in [6, 6.07) is -0.200. The fourth-order valence-corrected chi connectivity index (χ4v) is 5.78. The Morgan fingerprint density at radius 1 is 1.14 bits per heavy atom. The average molecular weight is 511 g/mol. The van der Waals surface area contributed by atoms with Crippen LogP contribution in [0.1, 0.15) is 77.1 Å². The van der Waals surface area contributed by atoms with E-state index in [2.05, 4.69) is 15.4 Å². The number of hydrogen-bond acceptors (Lipinski definition) is 6. The zero-order chi connectivity index (χ0) is 26.9. The molecule has 198 valence electrons. The number of ether oxygens (including phenoxy) is 2. The standard InChI is InChI=1S/C25H42N4O5S/c1-14(2)19(28-23(30)34-24(6,7)8)11-12-27-22(26)29-35(31,32)21-16(4)15(3)20-18(17(21)5)13-25(9,10)33-20/h14,19H,11-13H2,1-10H3,(H,28,30)(H3,26,27,29). The van der Waals surface area contributed by atoms with Crippen molar-refractivity contribution in [1.29, 1.82) is 5.41 Å². The second-order valence-corrected chi connectivity index (χ2v) is 12.9. The fourth-order valence-electron chi connectivity index (χ4n) is 4.25. The van der Waals surface area contributed by atoms with E-state index in [1.807, 2.05) is 34.6 Å². The summed E-state index contributed by atoms with van der Waals surface area (Å²) in [5.74, 6) is 0.564. The van der Waals surface area contributed by atoms with Gasteiger partial charge in [-0.3, -0.25) is 5.41 Å². The summed E-state index contributed by atoms with van der Waals surface area (Å²) >= 11 is 0. The van der Waals surface area contributed by atoms with Crippen LogP contribution < -0.4 is 20.1 Å². The minimum atomic E-state index is -3.99. The largest absolute Gasteiger partial charge is 0.487 e. The average Bonchev–Trinajstić information content (AvgIpc) is 2.99. The zero-order valence-corrected chi connectivity index (χ0v) is 23.5. The second-order valence-electron chi connectivity index (χ2n) is 11.2. The van der Waals surface area contributed by atoms with E-state index < -0.39 is 27.3 Å². The van der Waals surface area contributed by atoms with Crippen LogP contribution in [0.3, 0.4) is 0 Å². The predicted octanol–water partition coefficient (Wildman–Crippen LogP) is 4.07. The van der Waals surface area contributed by atoms with Gasteiger partial charge in [-0.2, -0.15) is 0 Å². The highest BCUT2D eigenvalue weighted by Crippen LogP contribution is 2.43. The van der Waals surface area contributed by atoms with Gasteiger partial charge >= 0.3 is 6.09 Å². The maximum absolute atomic E-state index is 13.3. The second kappa shape index (κ2) is 10.2. The molecule has 2 rings (SSSR count). The zero-order valence-electron chi connectivity index (χ0n) is 22.7. The first-order valence-corrected chi connectivity index (χ1v) is 13.5. The van der Waals surface area contributed by atoms with E-state index in [-0.39, 0.29) is 22.8 Å². The molecule has 35 heavy (non-hydrogen) atoms. The first kappa shape index (κ1) is 28.7. The van der Waals surface area contributed by atoms with Gasteiger partial charge in [-0.05, 0) is 84.4 Å². The summed E-state index contributed by atoms with van der Waals surface area (Å²) in [6.45, 7) is 19.0. The molecule has 0 saturated carbocycles. The maximum atomic E-state index is 13.3. The molecule has 1 aliphatic rings. The van der Waals surface area contributed by atoms with E-state index in [0.717, 1.165) is 16.9 Å². The quantitative estimate of drug-likeness (QED) is 0.323. The SMILES string of the molecule is Cc1c(C)c(S(=O)(=O)NC(=N)NCCC(NC(=O)OC(C)(C)C)C(C)C)c(C)c2c1OC(C)(C)C2. The summed E-state index contributed by atoms with van der Waals surface area (Å²) in [5.41, 5.74) is 1.96. The van der Waals surface area contributed by atoms with Crippen LogP contribution in [0.25, 0.3) is 0 Å². The number of guanidine groups is 1. The molecule has 1 atom stereocenters. The van der Waals surface area contributed by atoms with Crippen molar-refractivity contribution in [2.45, 2.75) is 104 Å². The van der Waals surface area contributed by atoms with Crippen LogP contribution in [-0.2, 0) is 21.2 Å². The Bertz CT molecular complexity index is 1090. The molecular formula is C25H42N4O5S. The molecule has 9 nitrogen and oxygen atoms in total. The van der Waals surface area contributed by atoms with Crippen LogP contribution in [0.2, 0.25) is 0 Å². The number of amides is 1. The van der Waals surface area contributed by atoms with Crippen LogP contribution in [0, 0.1) is 32.1 Å². The van der Waals surface area contributed by atoms with Gasteiger partial charge in [0.1, 0.15) is 17.0 Å². The number of fused-ring (bicyclic) bond motifs is 1. The lowest BCUT2D eigenvalue weighted by Crippen LogP contribution is -2.45. The third-order valence-corrected chi connectivity index (χ3v) is 7.68. The minimum Gasteiger partial charge on any atom is -0.487 e. The number of sulfonamides is 1. The smallest absolute Gasteiger partial charge is 0.407 e. The monoisotopic (exact) mass is 510 g/mol. The summed E-state index contributed by atoms with van der Waals surface area (Å²) in [5, 5.41) is 13.8. The van der Waals surface area contributed by atoms with Crippen molar-refractivity contribution >= 4 is 22.1 Å². The van der Waals surface area contributed by atoms with Crippen molar-refractivity contribution in [2.75, 3.05) is 6.54 Å². The number of carbonyl (C=O) groups is 1. The molecule has 1 heterocycles. The van der Waals surface area contributed by atoms with Gasteiger partial charge in [-0.1, -0.05) is 13.8 Å². The highest BCUT2D eigenvalue weighted by Gasteiger charge is 2.36. The third-order valence-electron chi connectivity index (χ3n) is 6.06. The number of benzene rings is 1. The Morgan fingerprint density at radius 3 is 2.29 bits per heavy atom. The first-order valence-electron chi connectivity index (χ1n) is 12.0. The number of rotatable bonds is 7. The fraction of sp³-hybridized carbons (Fsp3) is 0.680. The third kappa shape index (κ3) is 7.25. The van der Waals surface area contributed by atoms with Crippen LogP contribution >= 0.6 is 0 Å². The Hall–Kier alpha value is -2.49. The molecule has 0 aliphatic carbocycles. The summed E-state index contributed by atoms with van der Waals surface area (Å²) in [6.07, 6.45) is 0.607. The van der Waals surface area contributed by atoms with E-state index in [9.17, 15) is 13.2 Å². The molecule has 1 unspecified atom stereocenters. The van der Waals surface area contributed by atoms with Crippen LogP contribution in [0.4, 0.5) is 4.79 Å². The highest BCUT2D eigenvalue weighted by molar-refractivity contribution is 7.90. The van der Waals surface area contributed by atoms with Crippen LogP contribution in [0.15, 0.2) is 4.90 Å². The Kier molecular flexibility index (Phi) is 8.41. The summed E-state index contributed by atoms with van der Waals surface area (Å²) in [7, 11) is -3.99. The Labute approximate surface area is 210 Å². The van der Waals surface area contributed by atoms with Gasteiger partial charge in [0, 0.05) is 24.6 Å². The van der Waals surface area contributed by atoms with Gasteiger partial charge < -0.3 is 20.1 Å². The van der Waals surface area contributed by atoms with E-state index in [0.29, 0.717) is 30.5 Å². The number of alkyl carbamates (subject to hydrolysis) is 1. The minimum absolute atomic E-state index is 0.126. The normalized spacial score (nSPS) is 15.7. The van der Waals surface area contributed by atoms with Crippen LogP contribution in [-0.4, -0.2) is 44.3 Å². The van der Waals surface area contributed by atoms with Crippen molar-refractivity contribution < 1.29 is 22.7 Å². The molecule has 0 radical (unpaired) electrons. The molecule has 4 N–H and O–H groups in total. The van der Waals surface area contributed by atoms with Gasteiger partial charge in [0.15, 0.2) is 0 Å². The van der Waals surface area contributed by atoms with E-state index in [1.54, 1.807) is 34.6 Å².